The lowest BCUT2D eigenvalue weighted by molar-refractivity contribution is 0.213. The number of hydrogen-bond donors (Lipinski definition) is 1. The first kappa shape index (κ1) is 19.1. The summed E-state index contributed by atoms with van der Waals surface area (Å²) in [7, 11) is 0. The van der Waals surface area contributed by atoms with Crippen molar-refractivity contribution in [3.05, 3.63) is 65.1 Å². The third-order valence-corrected chi connectivity index (χ3v) is 5.66. The molecule has 7 nitrogen and oxygen atoms in total. The lowest BCUT2D eigenvalue weighted by Gasteiger charge is -2.30. The Balaban J connectivity index is 1.43. The van der Waals surface area contributed by atoms with E-state index in [-0.39, 0.29) is 5.88 Å². The lowest BCUT2D eigenvalue weighted by atomic mass is 9.95. The second-order valence-electron chi connectivity index (χ2n) is 6.85. The summed E-state index contributed by atoms with van der Waals surface area (Å²) in [5, 5.41) is 5.79. The van der Waals surface area contributed by atoms with Crippen molar-refractivity contribution >= 4 is 33.8 Å². The molecule has 3 aromatic rings. The molecule has 1 aliphatic heterocycles. The second kappa shape index (κ2) is 8.40. The summed E-state index contributed by atoms with van der Waals surface area (Å²) in [5.74, 6) is 0.249. The van der Waals surface area contributed by atoms with Crippen LogP contribution in [0.15, 0.2) is 53.9 Å². The highest BCUT2D eigenvalue weighted by Gasteiger charge is 2.19. The Morgan fingerprint density at radius 3 is 2.76 bits per heavy atom. The van der Waals surface area contributed by atoms with E-state index in [4.69, 9.17) is 4.74 Å². The molecule has 0 radical (unpaired) electrons. The van der Waals surface area contributed by atoms with Gasteiger partial charge in [0.25, 0.3) is 0 Å². The van der Waals surface area contributed by atoms with Crippen LogP contribution >= 0.6 is 11.3 Å². The number of hydrogen-bond acceptors (Lipinski definition) is 7. The number of nitrogens with zero attached hydrogens (tertiary/aromatic N) is 4. The van der Waals surface area contributed by atoms with Gasteiger partial charge < -0.3 is 9.64 Å². The predicted molar refractivity (Wildman–Crippen MR) is 114 cm³/mol. The Kier molecular flexibility index (Phi) is 5.53. The molecule has 0 bridgehead atoms. The highest BCUT2D eigenvalue weighted by atomic mass is 32.1. The third-order valence-electron chi connectivity index (χ3n) is 4.83. The smallest absolute Gasteiger partial charge is 0.391 e. The van der Waals surface area contributed by atoms with E-state index in [0.29, 0.717) is 11.3 Å². The molecule has 4 rings (SSSR count). The van der Waals surface area contributed by atoms with E-state index in [1.54, 1.807) is 24.5 Å². The quantitative estimate of drug-likeness (QED) is 0.684. The summed E-state index contributed by atoms with van der Waals surface area (Å²) in [6.07, 6.45) is 5.22. The van der Waals surface area contributed by atoms with Gasteiger partial charge in [-0.15, -0.1) is 11.3 Å². The minimum atomic E-state index is -0.581. The molecule has 3 heterocycles. The van der Waals surface area contributed by atoms with Gasteiger partial charge in [0.05, 0.1) is 0 Å². The number of ether oxygens (including phenoxy) is 1. The molecular formula is C21H21N5O2S. The topological polar surface area (TPSA) is 80.2 Å². The van der Waals surface area contributed by atoms with Crippen LogP contribution in [0.5, 0.6) is 5.88 Å². The van der Waals surface area contributed by atoms with Gasteiger partial charge in [0, 0.05) is 42.1 Å². The van der Waals surface area contributed by atoms with Crippen LogP contribution in [0.25, 0.3) is 5.57 Å². The molecule has 29 heavy (non-hydrogen) atoms. The fraction of sp³-hybridized carbons (Fsp3) is 0.238. The van der Waals surface area contributed by atoms with Crippen molar-refractivity contribution < 1.29 is 9.53 Å². The molecule has 0 atom stereocenters. The van der Waals surface area contributed by atoms with E-state index in [9.17, 15) is 4.79 Å². The molecule has 0 spiro atoms. The molecule has 0 unspecified atom stereocenters. The third kappa shape index (κ3) is 4.43. The van der Waals surface area contributed by atoms with Crippen molar-refractivity contribution in [2.45, 2.75) is 20.3 Å². The van der Waals surface area contributed by atoms with E-state index in [2.05, 4.69) is 32.1 Å². The number of aryl methyl sites for hydroxylation is 1. The van der Waals surface area contributed by atoms with Crippen LogP contribution in [0.4, 0.5) is 15.6 Å². The van der Waals surface area contributed by atoms with Gasteiger partial charge in [0.2, 0.25) is 5.88 Å². The number of anilines is 2. The van der Waals surface area contributed by atoms with Gasteiger partial charge in [-0.2, -0.15) is 0 Å². The highest BCUT2D eigenvalue weighted by Crippen LogP contribution is 2.31. The van der Waals surface area contributed by atoms with Crippen molar-refractivity contribution in [2.75, 3.05) is 23.3 Å². The first-order chi connectivity index (χ1) is 14.1. The normalized spacial score (nSPS) is 14.1. The maximum Gasteiger partial charge on any atom is 0.418 e. The van der Waals surface area contributed by atoms with Crippen LogP contribution in [0.1, 0.15) is 24.5 Å². The van der Waals surface area contributed by atoms with Crippen LogP contribution in [0.2, 0.25) is 0 Å². The molecule has 0 fully saturated rings. The molecule has 2 aromatic heterocycles. The number of benzene rings is 1. The highest BCUT2D eigenvalue weighted by molar-refractivity contribution is 7.13. The first-order valence-corrected chi connectivity index (χ1v) is 10.2. The number of carbonyl (C=O) groups is 1. The summed E-state index contributed by atoms with van der Waals surface area (Å²) in [6.45, 7) is 5.78. The van der Waals surface area contributed by atoms with Gasteiger partial charge in [-0.1, -0.05) is 17.7 Å². The van der Waals surface area contributed by atoms with Crippen LogP contribution in [-0.4, -0.2) is 34.1 Å². The molecule has 148 valence electrons. The van der Waals surface area contributed by atoms with Crippen molar-refractivity contribution in [1.82, 2.24) is 15.0 Å². The number of thiazole rings is 1. The Morgan fingerprint density at radius 2 is 2.03 bits per heavy atom. The molecule has 1 N–H and O–H groups in total. The average Bonchev–Trinajstić information content (AvgIpc) is 3.26. The van der Waals surface area contributed by atoms with Crippen molar-refractivity contribution in [3.8, 4) is 5.88 Å². The summed E-state index contributed by atoms with van der Waals surface area (Å²) in [6, 6.07) is 7.81. The Hall–Kier alpha value is -3.26. The maximum absolute atomic E-state index is 12.1. The number of amides is 1. The molecular weight excluding hydrogens is 386 g/mol. The van der Waals surface area contributed by atoms with Crippen molar-refractivity contribution in [3.63, 3.8) is 0 Å². The van der Waals surface area contributed by atoms with E-state index >= 15 is 0 Å². The van der Waals surface area contributed by atoms with Gasteiger partial charge in [-0.3, -0.25) is 5.32 Å². The summed E-state index contributed by atoms with van der Waals surface area (Å²) < 4.78 is 5.25. The number of rotatable bonds is 4. The van der Waals surface area contributed by atoms with Crippen LogP contribution < -0.4 is 15.0 Å². The molecule has 8 heteroatoms. The Bertz CT molecular complexity index is 1030. The number of nitrogens with one attached hydrogen (secondary N) is 1. The second-order valence-corrected chi connectivity index (χ2v) is 7.72. The van der Waals surface area contributed by atoms with Crippen molar-refractivity contribution in [1.29, 1.82) is 0 Å². The lowest BCUT2D eigenvalue weighted by Crippen LogP contribution is -2.30. The Labute approximate surface area is 173 Å². The zero-order valence-electron chi connectivity index (χ0n) is 16.3. The predicted octanol–water partition coefficient (Wildman–Crippen LogP) is 4.54. The monoisotopic (exact) mass is 407 g/mol. The van der Waals surface area contributed by atoms with Gasteiger partial charge in [-0.05, 0) is 43.5 Å². The zero-order valence-corrected chi connectivity index (χ0v) is 17.1. The summed E-state index contributed by atoms with van der Waals surface area (Å²) in [4.78, 5) is 26.7. The summed E-state index contributed by atoms with van der Waals surface area (Å²) >= 11 is 1.66. The molecule has 1 aliphatic rings. The largest absolute Gasteiger partial charge is 0.418 e. The maximum atomic E-state index is 12.1. The average molecular weight is 407 g/mol. The van der Waals surface area contributed by atoms with Crippen LogP contribution in [-0.2, 0) is 0 Å². The van der Waals surface area contributed by atoms with Gasteiger partial charge in [-0.25, -0.2) is 19.7 Å². The Morgan fingerprint density at radius 1 is 1.21 bits per heavy atom. The van der Waals surface area contributed by atoms with Gasteiger partial charge in [0.15, 0.2) is 5.13 Å². The SMILES string of the molecule is CC1=C(c2ccc(NC(=O)Oc3ncncc3C)cc2)CN(c2nccs2)CC1. The van der Waals surface area contributed by atoms with E-state index in [1.165, 1.54) is 17.5 Å². The minimum Gasteiger partial charge on any atom is -0.391 e. The standard InChI is InChI=1S/C21H21N5O2S/c1-14-7-9-26(20-23-8-10-29-20)12-18(14)16-3-5-17(6-4-16)25-21(27)28-19-15(2)11-22-13-24-19/h3-6,8,10-11,13H,7,9,12H2,1-2H3,(H,25,27). The van der Waals surface area contributed by atoms with E-state index < -0.39 is 6.09 Å². The van der Waals surface area contributed by atoms with E-state index in [0.717, 1.165) is 30.2 Å². The fourth-order valence-electron chi connectivity index (χ4n) is 3.21. The van der Waals surface area contributed by atoms with Gasteiger partial charge in [0.1, 0.15) is 6.33 Å². The molecule has 1 amide bonds. The zero-order chi connectivity index (χ0) is 20.2. The number of carbonyl (C=O) groups excluding carboxylic acids is 1. The molecule has 0 aliphatic carbocycles. The molecule has 1 aromatic carbocycles. The number of aromatic nitrogens is 3. The van der Waals surface area contributed by atoms with Crippen LogP contribution in [0.3, 0.4) is 0 Å². The van der Waals surface area contributed by atoms with E-state index in [1.807, 2.05) is 35.8 Å². The summed E-state index contributed by atoms with van der Waals surface area (Å²) in [5.41, 5.74) is 5.20. The molecule has 0 saturated carbocycles. The van der Waals surface area contributed by atoms with Crippen LogP contribution in [0, 0.1) is 6.92 Å². The minimum absolute atomic E-state index is 0.249. The first-order valence-electron chi connectivity index (χ1n) is 9.29. The fourth-order valence-corrected chi connectivity index (χ4v) is 3.88. The molecule has 0 saturated heterocycles. The van der Waals surface area contributed by atoms with Crippen molar-refractivity contribution in [2.24, 2.45) is 0 Å². The van der Waals surface area contributed by atoms with Gasteiger partial charge >= 0.3 is 6.09 Å².